The molecule has 2 aliphatic heterocycles. The number of nitrogens with zero attached hydrogens (tertiary/aromatic N) is 3. The van der Waals surface area contributed by atoms with Gasteiger partial charge >= 0.3 is 0 Å². The second-order valence-electron chi connectivity index (χ2n) is 7.56. The summed E-state index contributed by atoms with van der Waals surface area (Å²) in [6.45, 7) is 6.43. The second-order valence-corrected chi connectivity index (χ2v) is 10.6. The fourth-order valence-electron chi connectivity index (χ4n) is 4.15. The van der Waals surface area contributed by atoms with Gasteiger partial charge in [0, 0.05) is 43.6 Å². The highest BCUT2D eigenvalue weighted by molar-refractivity contribution is 7.89. The minimum atomic E-state index is -3.04. The van der Waals surface area contributed by atoms with Gasteiger partial charge in [-0.1, -0.05) is 6.07 Å². The van der Waals surface area contributed by atoms with E-state index < -0.39 is 10.0 Å². The molecule has 0 spiro atoms. The summed E-state index contributed by atoms with van der Waals surface area (Å²) < 4.78 is 25.4. The van der Waals surface area contributed by atoms with Crippen LogP contribution in [0.15, 0.2) is 22.5 Å². The van der Waals surface area contributed by atoms with Crippen molar-refractivity contribution in [3.8, 4) is 0 Å². The van der Waals surface area contributed by atoms with Crippen LogP contribution in [0.3, 0.4) is 0 Å². The number of hydrogen-bond donors (Lipinski definition) is 2. The molecule has 1 aromatic heterocycles. The Morgan fingerprint density at radius 2 is 2.18 bits per heavy atom. The first-order valence-electron chi connectivity index (χ1n) is 10.2. The number of thiophene rings is 1. The predicted molar refractivity (Wildman–Crippen MR) is 116 cm³/mol. The van der Waals surface area contributed by atoms with Gasteiger partial charge < -0.3 is 10.6 Å². The van der Waals surface area contributed by atoms with E-state index in [-0.39, 0.29) is 5.75 Å². The van der Waals surface area contributed by atoms with Crippen LogP contribution in [0.25, 0.3) is 0 Å². The topological polar surface area (TPSA) is 77.0 Å². The first-order chi connectivity index (χ1) is 13.5. The maximum atomic E-state index is 11.9. The predicted octanol–water partition coefficient (Wildman–Crippen LogP) is 1.72. The molecule has 158 valence electrons. The van der Waals surface area contributed by atoms with E-state index in [9.17, 15) is 8.42 Å². The molecule has 2 atom stereocenters. The van der Waals surface area contributed by atoms with Crippen LogP contribution in [0.4, 0.5) is 0 Å². The van der Waals surface area contributed by atoms with Crippen molar-refractivity contribution in [1.29, 1.82) is 0 Å². The van der Waals surface area contributed by atoms with Gasteiger partial charge in [0.25, 0.3) is 0 Å². The fraction of sp³-hybridized carbons (Fsp3) is 0.737. The Kier molecular flexibility index (Phi) is 7.73. The number of guanidine groups is 1. The van der Waals surface area contributed by atoms with Crippen LogP contribution in [0, 0.1) is 5.92 Å². The molecule has 0 aliphatic carbocycles. The summed E-state index contributed by atoms with van der Waals surface area (Å²) in [5, 5.41) is 8.75. The first-order valence-corrected chi connectivity index (χ1v) is 12.7. The first kappa shape index (κ1) is 21.5. The molecule has 28 heavy (non-hydrogen) atoms. The van der Waals surface area contributed by atoms with Crippen molar-refractivity contribution in [1.82, 2.24) is 19.8 Å². The minimum Gasteiger partial charge on any atom is -0.357 e. The molecule has 0 saturated carbocycles. The van der Waals surface area contributed by atoms with E-state index in [1.807, 2.05) is 18.3 Å². The Labute approximate surface area is 173 Å². The number of likely N-dealkylation sites (tertiary alicyclic amines) is 1. The van der Waals surface area contributed by atoms with E-state index in [0.29, 0.717) is 31.6 Å². The molecule has 0 amide bonds. The smallest absolute Gasteiger partial charge is 0.214 e. The highest BCUT2D eigenvalue weighted by Crippen LogP contribution is 2.37. The molecule has 3 heterocycles. The Balaban J connectivity index is 1.58. The van der Waals surface area contributed by atoms with Crippen molar-refractivity contribution in [2.75, 3.05) is 52.1 Å². The molecule has 2 unspecified atom stereocenters. The highest BCUT2D eigenvalue weighted by atomic mass is 32.2. The molecule has 7 nitrogen and oxygen atoms in total. The van der Waals surface area contributed by atoms with Gasteiger partial charge in [0.15, 0.2) is 5.96 Å². The number of sulfonamides is 1. The lowest BCUT2D eigenvalue weighted by Crippen LogP contribution is -2.43. The van der Waals surface area contributed by atoms with Crippen molar-refractivity contribution >= 4 is 27.3 Å². The van der Waals surface area contributed by atoms with Gasteiger partial charge in [0.1, 0.15) is 0 Å². The molecule has 1 aromatic rings. The molecule has 2 aliphatic rings. The number of piperidine rings is 1. The van der Waals surface area contributed by atoms with Gasteiger partial charge in [-0.3, -0.25) is 9.89 Å². The monoisotopic (exact) mass is 427 g/mol. The quantitative estimate of drug-likeness (QED) is 0.512. The Morgan fingerprint density at radius 1 is 1.32 bits per heavy atom. The largest absolute Gasteiger partial charge is 0.357 e. The fourth-order valence-corrected chi connectivity index (χ4v) is 6.66. The molecule has 0 aromatic carbocycles. The lowest BCUT2D eigenvalue weighted by atomic mass is 9.88. The average molecular weight is 428 g/mol. The summed E-state index contributed by atoms with van der Waals surface area (Å²) in [6, 6.07) is 4.78. The zero-order valence-corrected chi connectivity index (χ0v) is 18.6. The Bertz CT molecular complexity index is 736. The van der Waals surface area contributed by atoms with E-state index in [1.54, 1.807) is 4.31 Å². The molecular weight excluding hydrogens is 394 g/mol. The lowest BCUT2D eigenvalue weighted by Gasteiger charge is -2.38. The standard InChI is InChI=1S/C19H33N5O2S2/c1-3-20-19(21-9-12-24-11-6-14-28(24,25)26)22-15-16-7-4-10-23(2)18(16)17-8-5-13-27-17/h5,8,13,16,18H,3-4,6-7,9-12,14-15H2,1-2H3,(H2,20,21,22). The Morgan fingerprint density at radius 3 is 2.86 bits per heavy atom. The summed E-state index contributed by atoms with van der Waals surface area (Å²) in [7, 11) is -0.828. The SMILES string of the molecule is CCNC(=NCC1CCCN(C)C1c1cccs1)NCCN1CCCS1(=O)=O. The summed E-state index contributed by atoms with van der Waals surface area (Å²) in [4.78, 5) is 8.71. The van der Waals surface area contributed by atoms with Crippen LogP contribution in [-0.2, 0) is 10.0 Å². The molecule has 2 N–H and O–H groups in total. The highest BCUT2D eigenvalue weighted by Gasteiger charge is 2.31. The van der Waals surface area contributed by atoms with E-state index in [2.05, 4.69) is 40.1 Å². The van der Waals surface area contributed by atoms with E-state index in [1.165, 1.54) is 17.7 Å². The third kappa shape index (κ3) is 5.46. The molecular formula is C19H33N5O2S2. The molecule has 2 fully saturated rings. The number of nitrogens with one attached hydrogen (secondary N) is 2. The second kappa shape index (κ2) is 10.0. The van der Waals surface area contributed by atoms with Crippen LogP contribution in [0.2, 0.25) is 0 Å². The zero-order valence-electron chi connectivity index (χ0n) is 16.9. The Hall–Kier alpha value is -1.16. The maximum absolute atomic E-state index is 11.9. The molecule has 2 saturated heterocycles. The van der Waals surface area contributed by atoms with E-state index in [4.69, 9.17) is 4.99 Å². The number of hydrogen-bond acceptors (Lipinski definition) is 5. The average Bonchev–Trinajstić information content (AvgIpc) is 3.29. The third-order valence-electron chi connectivity index (χ3n) is 5.53. The third-order valence-corrected chi connectivity index (χ3v) is 8.43. The van der Waals surface area contributed by atoms with Crippen molar-refractivity contribution in [3.05, 3.63) is 22.4 Å². The van der Waals surface area contributed by atoms with Crippen LogP contribution in [0.5, 0.6) is 0 Å². The summed E-state index contributed by atoms with van der Waals surface area (Å²) in [5.41, 5.74) is 0. The van der Waals surface area contributed by atoms with Crippen molar-refractivity contribution in [3.63, 3.8) is 0 Å². The number of rotatable bonds is 7. The molecule has 3 rings (SSSR count). The van der Waals surface area contributed by atoms with Crippen molar-refractivity contribution in [2.24, 2.45) is 10.9 Å². The van der Waals surface area contributed by atoms with E-state index in [0.717, 1.165) is 32.0 Å². The van der Waals surface area contributed by atoms with Gasteiger partial charge in [0.2, 0.25) is 10.0 Å². The molecule has 0 radical (unpaired) electrons. The van der Waals surface area contributed by atoms with Gasteiger partial charge in [-0.05, 0) is 57.1 Å². The molecule has 0 bridgehead atoms. The summed E-state index contributed by atoms with van der Waals surface area (Å²) >= 11 is 1.83. The van der Waals surface area contributed by atoms with E-state index >= 15 is 0 Å². The van der Waals surface area contributed by atoms with Crippen LogP contribution in [-0.4, -0.2) is 75.7 Å². The van der Waals surface area contributed by atoms with Gasteiger partial charge in [-0.15, -0.1) is 11.3 Å². The molecule has 9 heteroatoms. The maximum Gasteiger partial charge on any atom is 0.214 e. The summed E-state index contributed by atoms with van der Waals surface area (Å²) in [5.74, 6) is 1.55. The van der Waals surface area contributed by atoms with Crippen LogP contribution < -0.4 is 10.6 Å². The van der Waals surface area contributed by atoms with Gasteiger partial charge in [-0.25, -0.2) is 12.7 Å². The van der Waals surface area contributed by atoms with Crippen molar-refractivity contribution in [2.45, 2.75) is 32.2 Å². The number of aliphatic imine (C=N–C) groups is 1. The zero-order chi connectivity index (χ0) is 20.0. The minimum absolute atomic E-state index is 0.278. The normalized spacial score (nSPS) is 26.4. The van der Waals surface area contributed by atoms with Crippen LogP contribution in [0.1, 0.15) is 37.1 Å². The lowest BCUT2D eigenvalue weighted by molar-refractivity contribution is 0.128. The van der Waals surface area contributed by atoms with Crippen molar-refractivity contribution < 1.29 is 8.42 Å². The summed E-state index contributed by atoms with van der Waals surface area (Å²) in [6.07, 6.45) is 3.12. The van der Waals surface area contributed by atoms with Crippen LogP contribution >= 0.6 is 11.3 Å². The van der Waals surface area contributed by atoms with Gasteiger partial charge in [0.05, 0.1) is 5.75 Å². The van der Waals surface area contributed by atoms with Gasteiger partial charge in [-0.2, -0.15) is 0 Å².